The van der Waals surface area contributed by atoms with Crippen LogP contribution in [0.1, 0.15) is 27.0 Å². The van der Waals surface area contributed by atoms with Crippen LogP contribution in [-0.2, 0) is 43.2 Å². The first kappa shape index (κ1) is 36.4. The predicted molar refractivity (Wildman–Crippen MR) is 174 cm³/mol. The van der Waals surface area contributed by atoms with E-state index in [2.05, 4.69) is 10.2 Å². The van der Waals surface area contributed by atoms with Crippen molar-refractivity contribution in [2.24, 2.45) is 14.1 Å². The van der Waals surface area contributed by atoms with Gasteiger partial charge in [0.25, 0.3) is 0 Å². The van der Waals surface area contributed by atoms with E-state index in [1.807, 2.05) is 0 Å². The van der Waals surface area contributed by atoms with Gasteiger partial charge < -0.3 is 29.2 Å². The number of ether oxygens (including phenoxy) is 4. The topological polar surface area (TPSA) is 198 Å². The third-order valence-corrected chi connectivity index (χ3v) is 9.96. The second kappa shape index (κ2) is 14.0. The molecular weight excluding hydrogens is 668 g/mol. The SMILES string of the molecule is COCCOc1c(C)c(C(=O)c2cc(-c3cnn(C)c3O)c(S(C)(=O)=O)c(OCCOC)c2C)cc(-c2cnn(C)c2O)c1S(C)(=O)=O. The summed E-state index contributed by atoms with van der Waals surface area (Å²) in [5.41, 5.74) is 0.230. The summed E-state index contributed by atoms with van der Waals surface area (Å²) in [7, 11) is -2.27. The van der Waals surface area contributed by atoms with Crippen molar-refractivity contribution in [2.75, 3.05) is 53.2 Å². The van der Waals surface area contributed by atoms with Crippen molar-refractivity contribution in [2.45, 2.75) is 23.6 Å². The van der Waals surface area contributed by atoms with Gasteiger partial charge in [-0.15, -0.1) is 0 Å². The summed E-state index contributed by atoms with van der Waals surface area (Å²) in [6.45, 7) is 3.09. The second-order valence-electron chi connectivity index (χ2n) is 11.1. The van der Waals surface area contributed by atoms with Crippen molar-refractivity contribution in [3.8, 4) is 45.5 Å². The normalized spacial score (nSPS) is 12.0. The number of sulfone groups is 2. The number of ketones is 1. The number of carbonyl (C=O) groups excluding carboxylic acids is 1. The zero-order chi connectivity index (χ0) is 35.7. The molecular formula is C31H38N4O11S2. The number of hydrogen-bond acceptors (Lipinski definition) is 13. The second-order valence-corrected chi connectivity index (χ2v) is 15.0. The van der Waals surface area contributed by atoms with Crippen LogP contribution in [0.3, 0.4) is 0 Å². The highest BCUT2D eigenvalue weighted by Crippen LogP contribution is 2.45. The monoisotopic (exact) mass is 706 g/mol. The highest BCUT2D eigenvalue weighted by Gasteiger charge is 2.33. The van der Waals surface area contributed by atoms with E-state index in [0.29, 0.717) is 0 Å². The first-order chi connectivity index (χ1) is 22.4. The van der Waals surface area contributed by atoms with Crippen LogP contribution >= 0.6 is 0 Å². The van der Waals surface area contributed by atoms with E-state index in [9.17, 15) is 31.8 Å². The maximum absolute atomic E-state index is 14.7. The van der Waals surface area contributed by atoms with E-state index in [1.165, 1.54) is 66.7 Å². The van der Waals surface area contributed by atoms with E-state index in [0.717, 1.165) is 21.9 Å². The fourth-order valence-corrected chi connectivity index (χ4v) is 7.50. The van der Waals surface area contributed by atoms with Crippen LogP contribution in [0.15, 0.2) is 34.3 Å². The van der Waals surface area contributed by atoms with Crippen molar-refractivity contribution in [1.82, 2.24) is 19.6 Å². The van der Waals surface area contributed by atoms with E-state index in [4.69, 9.17) is 18.9 Å². The lowest BCUT2D eigenvalue weighted by molar-refractivity contribution is 0.103. The standard InChI is InChI=1S/C31H38N4O11S2/c1-17-19(13-21(23-15-32-34(3)30(23)37)28(47(7,39)40)26(17)45-11-9-43-5)25(36)20-14-22(24-16-33-35(4)31(24)38)29(48(8,41)42)27(18(20)2)46-12-10-44-6/h13-16,37-38H,9-12H2,1-8H3. The summed E-state index contributed by atoms with van der Waals surface area (Å²) in [5.74, 6) is -1.65. The van der Waals surface area contributed by atoms with Crippen molar-refractivity contribution >= 4 is 25.5 Å². The first-order valence-corrected chi connectivity index (χ1v) is 18.2. The van der Waals surface area contributed by atoms with Gasteiger partial charge in [-0.25, -0.2) is 26.2 Å². The lowest BCUT2D eigenvalue weighted by Gasteiger charge is -2.22. The third-order valence-electron chi connectivity index (χ3n) is 7.66. The summed E-state index contributed by atoms with van der Waals surface area (Å²) in [4.78, 5) is 14.1. The van der Waals surface area contributed by atoms with E-state index >= 15 is 0 Å². The lowest BCUT2D eigenvalue weighted by atomic mass is 9.90. The zero-order valence-corrected chi connectivity index (χ0v) is 29.4. The molecule has 260 valence electrons. The smallest absolute Gasteiger partial charge is 0.217 e. The number of hydrogen-bond donors (Lipinski definition) is 2. The Balaban J connectivity index is 2.13. The molecule has 0 bridgehead atoms. The van der Waals surface area contributed by atoms with Gasteiger partial charge in [0.15, 0.2) is 25.5 Å². The van der Waals surface area contributed by atoms with Crippen molar-refractivity contribution in [1.29, 1.82) is 0 Å². The van der Waals surface area contributed by atoms with Gasteiger partial charge in [0, 0.05) is 74.2 Å². The molecule has 0 spiro atoms. The average Bonchev–Trinajstić information content (AvgIpc) is 3.52. The third kappa shape index (κ3) is 6.89. The molecule has 48 heavy (non-hydrogen) atoms. The van der Waals surface area contributed by atoms with Crippen LogP contribution in [0.5, 0.6) is 23.3 Å². The van der Waals surface area contributed by atoms with Gasteiger partial charge >= 0.3 is 0 Å². The minimum atomic E-state index is -4.04. The van der Waals surface area contributed by atoms with E-state index in [-0.39, 0.29) is 104 Å². The Morgan fingerprint density at radius 2 is 1.04 bits per heavy atom. The Labute approximate surface area is 278 Å². The largest absolute Gasteiger partial charge is 0.493 e. The van der Waals surface area contributed by atoms with Crippen LogP contribution in [0.4, 0.5) is 0 Å². The van der Waals surface area contributed by atoms with Gasteiger partial charge in [-0.2, -0.15) is 10.2 Å². The maximum atomic E-state index is 14.7. The quantitative estimate of drug-likeness (QED) is 0.143. The van der Waals surface area contributed by atoms with Gasteiger partial charge in [0.2, 0.25) is 11.8 Å². The van der Waals surface area contributed by atoms with Crippen LogP contribution < -0.4 is 9.47 Å². The molecule has 0 amide bonds. The number of nitrogens with zero attached hydrogens (tertiary/aromatic N) is 4. The summed E-state index contributed by atoms with van der Waals surface area (Å²) >= 11 is 0. The molecule has 0 aliphatic carbocycles. The molecule has 0 fully saturated rings. The molecule has 2 aromatic carbocycles. The van der Waals surface area contributed by atoms with Gasteiger partial charge in [-0.1, -0.05) is 0 Å². The molecule has 0 aliphatic heterocycles. The molecule has 2 N–H and O–H groups in total. The highest BCUT2D eigenvalue weighted by atomic mass is 32.2. The summed E-state index contributed by atoms with van der Waals surface area (Å²) < 4.78 is 77.4. The van der Waals surface area contributed by atoms with Crippen LogP contribution in [-0.4, -0.2) is 106 Å². The molecule has 0 radical (unpaired) electrons. The molecule has 17 heteroatoms. The molecule has 0 saturated heterocycles. The molecule has 0 unspecified atom stereocenters. The number of aromatic nitrogens is 4. The number of rotatable bonds is 14. The Morgan fingerprint density at radius 3 is 1.31 bits per heavy atom. The first-order valence-electron chi connectivity index (χ1n) is 14.4. The number of methoxy groups -OCH3 is 2. The minimum absolute atomic E-state index is 0.0209. The number of aryl methyl sites for hydroxylation is 2. The average molecular weight is 707 g/mol. The Kier molecular flexibility index (Phi) is 10.6. The van der Waals surface area contributed by atoms with E-state index < -0.39 is 25.5 Å². The highest BCUT2D eigenvalue weighted by molar-refractivity contribution is 7.91. The predicted octanol–water partition coefficient (Wildman–Crippen LogP) is 2.60. The fourth-order valence-electron chi connectivity index (χ4n) is 5.26. The van der Waals surface area contributed by atoms with Gasteiger partial charge in [0.1, 0.15) is 34.5 Å². The van der Waals surface area contributed by atoms with Gasteiger partial charge in [-0.3, -0.25) is 4.79 Å². The summed E-state index contributed by atoms with van der Waals surface area (Å²) in [6.07, 6.45) is 4.49. The van der Waals surface area contributed by atoms with Crippen LogP contribution in [0.2, 0.25) is 0 Å². The molecule has 15 nitrogen and oxygen atoms in total. The number of aromatic hydroxyl groups is 2. The van der Waals surface area contributed by atoms with Crippen molar-refractivity contribution < 1.29 is 50.8 Å². The molecule has 2 aromatic heterocycles. The van der Waals surface area contributed by atoms with Gasteiger partial charge in [0.05, 0.1) is 36.7 Å². The molecule has 0 saturated carbocycles. The van der Waals surface area contributed by atoms with Crippen LogP contribution in [0, 0.1) is 13.8 Å². The number of carbonyl (C=O) groups is 1. The van der Waals surface area contributed by atoms with Gasteiger partial charge in [-0.05, 0) is 26.0 Å². The van der Waals surface area contributed by atoms with Crippen molar-refractivity contribution in [3.63, 3.8) is 0 Å². The van der Waals surface area contributed by atoms with Crippen molar-refractivity contribution in [3.05, 3.63) is 46.8 Å². The molecule has 0 aliphatic rings. The Morgan fingerprint density at radius 1 is 0.688 bits per heavy atom. The summed E-state index contributed by atoms with van der Waals surface area (Å²) in [5, 5.41) is 29.7. The Hall–Kier alpha value is -4.45. The van der Waals surface area contributed by atoms with E-state index in [1.54, 1.807) is 0 Å². The minimum Gasteiger partial charge on any atom is -0.493 e. The summed E-state index contributed by atoms with van der Waals surface area (Å²) in [6, 6.07) is 2.65. The molecule has 2 heterocycles. The maximum Gasteiger partial charge on any atom is 0.217 e. The fraction of sp³-hybridized carbons (Fsp3) is 0.387. The Bertz CT molecular complexity index is 1950. The molecule has 4 aromatic rings. The lowest BCUT2D eigenvalue weighted by Crippen LogP contribution is -2.16. The zero-order valence-electron chi connectivity index (χ0n) is 27.8. The number of benzene rings is 2. The molecule has 0 atom stereocenters. The van der Waals surface area contributed by atoms with Crippen LogP contribution in [0.25, 0.3) is 22.3 Å². The molecule has 4 rings (SSSR count).